The van der Waals surface area contributed by atoms with Crippen molar-refractivity contribution in [3.05, 3.63) is 47.9 Å². The average Bonchev–Trinajstić information content (AvgIpc) is 2.30. The van der Waals surface area contributed by atoms with Gasteiger partial charge in [-0.15, -0.1) is 0 Å². The number of aromatic nitrogens is 2. The Morgan fingerprint density at radius 2 is 1.94 bits per heavy atom. The highest BCUT2D eigenvalue weighted by atomic mass is 14.7. The van der Waals surface area contributed by atoms with Crippen molar-refractivity contribution in [2.45, 2.75) is 26.7 Å². The Morgan fingerprint density at radius 1 is 1.12 bits per heavy atom. The fourth-order valence-electron chi connectivity index (χ4n) is 1.69. The van der Waals surface area contributed by atoms with Crippen molar-refractivity contribution in [3.63, 3.8) is 0 Å². The first-order chi connectivity index (χ1) is 7.68. The molecule has 0 aliphatic carbocycles. The van der Waals surface area contributed by atoms with Gasteiger partial charge in [-0.05, 0) is 42.2 Å². The van der Waals surface area contributed by atoms with Gasteiger partial charge in [0.15, 0.2) is 0 Å². The number of aryl methyl sites for hydroxylation is 1. The highest BCUT2D eigenvalue weighted by Gasteiger charge is 2.05. The van der Waals surface area contributed by atoms with E-state index in [0.29, 0.717) is 5.92 Å². The van der Waals surface area contributed by atoms with Crippen LogP contribution in [0.4, 0.5) is 0 Å². The molecule has 0 radical (unpaired) electrons. The molecule has 0 amide bonds. The van der Waals surface area contributed by atoms with Crippen molar-refractivity contribution in [1.82, 2.24) is 9.97 Å². The summed E-state index contributed by atoms with van der Waals surface area (Å²) in [5.74, 6) is 0.527. The first kappa shape index (κ1) is 10.8. The molecule has 2 heterocycles. The molecule has 0 atom stereocenters. The first-order valence-electron chi connectivity index (χ1n) is 5.55. The lowest BCUT2D eigenvalue weighted by atomic mass is 10.0. The van der Waals surface area contributed by atoms with Crippen LogP contribution in [0.1, 0.15) is 30.9 Å². The van der Waals surface area contributed by atoms with Gasteiger partial charge >= 0.3 is 0 Å². The molecule has 0 aliphatic heterocycles. The van der Waals surface area contributed by atoms with Crippen molar-refractivity contribution in [2.75, 3.05) is 0 Å². The Labute approximate surface area is 96.4 Å². The Hall–Kier alpha value is -1.70. The summed E-state index contributed by atoms with van der Waals surface area (Å²) in [6, 6.07) is 6.23. The smallest absolute Gasteiger partial charge is 0.0722 e. The van der Waals surface area contributed by atoms with Crippen LogP contribution in [-0.4, -0.2) is 9.97 Å². The number of nitrogens with zero attached hydrogens (tertiary/aromatic N) is 2. The summed E-state index contributed by atoms with van der Waals surface area (Å²) in [4.78, 5) is 8.57. The van der Waals surface area contributed by atoms with E-state index < -0.39 is 0 Å². The lowest BCUT2D eigenvalue weighted by molar-refractivity contribution is 0.863. The fraction of sp³-hybridized carbons (Fsp3) is 0.286. The molecule has 0 N–H and O–H groups in total. The summed E-state index contributed by atoms with van der Waals surface area (Å²) in [6.07, 6.45) is 5.56. The van der Waals surface area contributed by atoms with Gasteiger partial charge in [-0.25, -0.2) is 0 Å². The van der Waals surface area contributed by atoms with E-state index in [0.717, 1.165) is 11.3 Å². The van der Waals surface area contributed by atoms with Crippen molar-refractivity contribution in [3.8, 4) is 11.3 Å². The minimum absolute atomic E-state index is 0.527. The summed E-state index contributed by atoms with van der Waals surface area (Å²) < 4.78 is 0. The van der Waals surface area contributed by atoms with Crippen LogP contribution in [0.25, 0.3) is 11.3 Å². The zero-order valence-electron chi connectivity index (χ0n) is 9.94. The van der Waals surface area contributed by atoms with E-state index in [1.54, 1.807) is 0 Å². The summed E-state index contributed by atoms with van der Waals surface area (Å²) in [5.41, 5.74) is 4.65. The molecule has 2 nitrogen and oxygen atoms in total. The van der Waals surface area contributed by atoms with Gasteiger partial charge < -0.3 is 0 Å². The summed E-state index contributed by atoms with van der Waals surface area (Å²) in [7, 11) is 0. The molecule has 0 spiro atoms. The fourth-order valence-corrected chi connectivity index (χ4v) is 1.69. The van der Waals surface area contributed by atoms with Crippen LogP contribution >= 0.6 is 0 Å². The second kappa shape index (κ2) is 4.44. The number of hydrogen-bond donors (Lipinski definition) is 0. The van der Waals surface area contributed by atoms with Gasteiger partial charge in [-0.1, -0.05) is 13.8 Å². The van der Waals surface area contributed by atoms with Crippen LogP contribution in [0.15, 0.2) is 36.8 Å². The lowest BCUT2D eigenvalue weighted by Gasteiger charge is -2.08. The topological polar surface area (TPSA) is 25.8 Å². The van der Waals surface area contributed by atoms with E-state index in [1.165, 1.54) is 11.1 Å². The molecular formula is C14H16N2. The normalized spacial score (nSPS) is 10.8. The molecule has 0 fully saturated rings. The van der Waals surface area contributed by atoms with Crippen molar-refractivity contribution in [1.29, 1.82) is 0 Å². The Balaban J connectivity index is 2.49. The molecule has 2 rings (SSSR count). The standard InChI is InChI=1S/C14H16N2/c1-10(2)12-5-7-16-14(8-12)13-9-15-6-4-11(13)3/h4-10H,1-3H3. The molecule has 0 aliphatic rings. The Bertz CT molecular complexity index is 490. The zero-order chi connectivity index (χ0) is 11.5. The molecular weight excluding hydrogens is 196 g/mol. The molecule has 0 saturated heterocycles. The average molecular weight is 212 g/mol. The van der Waals surface area contributed by atoms with Crippen LogP contribution in [0.5, 0.6) is 0 Å². The number of hydrogen-bond acceptors (Lipinski definition) is 2. The van der Waals surface area contributed by atoms with E-state index >= 15 is 0 Å². The molecule has 2 aromatic rings. The molecule has 0 aromatic carbocycles. The second-order valence-corrected chi connectivity index (χ2v) is 4.32. The van der Waals surface area contributed by atoms with Gasteiger partial charge in [0.25, 0.3) is 0 Å². The van der Waals surface area contributed by atoms with Gasteiger partial charge in [0.1, 0.15) is 0 Å². The van der Waals surface area contributed by atoms with Crippen LogP contribution in [0, 0.1) is 6.92 Å². The lowest BCUT2D eigenvalue weighted by Crippen LogP contribution is -1.92. The molecule has 16 heavy (non-hydrogen) atoms. The minimum Gasteiger partial charge on any atom is -0.264 e. The Morgan fingerprint density at radius 3 is 2.62 bits per heavy atom. The van der Waals surface area contributed by atoms with Gasteiger partial charge in [-0.3, -0.25) is 9.97 Å². The van der Waals surface area contributed by atoms with Gasteiger partial charge in [0.05, 0.1) is 5.69 Å². The predicted molar refractivity (Wildman–Crippen MR) is 66.3 cm³/mol. The molecule has 0 bridgehead atoms. The van der Waals surface area contributed by atoms with E-state index in [2.05, 4.69) is 42.9 Å². The minimum atomic E-state index is 0.527. The van der Waals surface area contributed by atoms with Gasteiger partial charge in [0, 0.05) is 24.2 Å². The van der Waals surface area contributed by atoms with Crippen molar-refractivity contribution < 1.29 is 0 Å². The number of pyridine rings is 2. The summed E-state index contributed by atoms with van der Waals surface area (Å²) in [5, 5.41) is 0. The quantitative estimate of drug-likeness (QED) is 0.760. The van der Waals surface area contributed by atoms with Gasteiger partial charge in [0.2, 0.25) is 0 Å². The third-order valence-corrected chi connectivity index (χ3v) is 2.77. The van der Waals surface area contributed by atoms with Crippen molar-refractivity contribution >= 4 is 0 Å². The third kappa shape index (κ3) is 2.11. The third-order valence-electron chi connectivity index (χ3n) is 2.77. The van der Waals surface area contributed by atoms with Crippen molar-refractivity contribution in [2.24, 2.45) is 0 Å². The maximum Gasteiger partial charge on any atom is 0.0722 e. The zero-order valence-corrected chi connectivity index (χ0v) is 9.94. The molecule has 2 aromatic heterocycles. The summed E-state index contributed by atoms with van der Waals surface area (Å²) in [6.45, 7) is 6.46. The van der Waals surface area contributed by atoms with Crippen LogP contribution in [-0.2, 0) is 0 Å². The highest BCUT2D eigenvalue weighted by molar-refractivity contribution is 5.62. The Kier molecular flexibility index (Phi) is 3.00. The second-order valence-electron chi connectivity index (χ2n) is 4.32. The van der Waals surface area contributed by atoms with Gasteiger partial charge in [-0.2, -0.15) is 0 Å². The van der Waals surface area contributed by atoms with Crippen LogP contribution in [0.3, 0.4) is 0 Å². The summed E-state index contributed by atoms with van der Waals surface area (Å²) >= 11 is 0. The highest BCUT2D eigenvalue weighted by Crippen LogP contribution is 2.23. The number of rotatable bonds is 2. The van der Waals surface area contributed by atoms with E-state index in [4.69, 9.17) is 0 Å². The largest absolute Gasteiger partial charge is 0.264 e. The van der Waals surface area contributed by atoms with Crippen LogP contribution < -0.4 is 0 Å². The van der Waals surface area contributed by atoms with E-state index in [-0.39, 0.29) is 0 Å². The maximum atomic E-state index is 4.41. The predicted octanol–water partition coefficient (Wildman–Crippen LogP) is 3.58. The molecule has 0 unspecified atom stereocenters. The molecule has 2 heteroatoms. The first-order valence-corrected chi connectivity index (χ1v) is 5.55. The monoisotopic (exact) mass is 212 g/mol. The van der Waals surface area contributed by atoms with E-state index in [1.807, 2.05) is 24.7 Å². The molecule has 0 saturated carbocycles. The SMILES string of the molecule is Cc1ccncc1-c1cc(C(C)C)ccn1. The maximum absolute atomic E-state index is 4.41. The molecule has 82 valence electrons. The van der Waals surface area contributed by atoms with Crippen LogP contribution in [0.2, 0.25) is 0 Å². The van der Waals surface area contributed by atoms with E-state index in [9.17, 15) is 0 Å².